The number of anilines is 1. The summed E-state index contributed by atoms with van der Waals surface area (Å²) >= 11 is 0. The van der Waals surface area contributed by atoms with Crippen molar-refractivity contribution in [2.24, 2.45) is 11.0 Å². The van der Waals surface area contributed by atoms with Crippen molar-refractivity contribution in [1.82, 2.24) is 35.8 Å². The molecule has 1 aliphatic carbocycles. The van der Waals surface area contributed by atoms with Gasteiger partial charge in [-0.25, -0.2) is 19.3 Å². The summed E-state index contributed by atoms with van der Waals surface area (Å²) in [4.78, 5) is 38.0. The van der Waals surface area contributed by atoms with Gasteiger partial charge in [0.05, 0.1) is 6.04 Å². The molecule has 238 valence electrons. The highest BCUT2D eigenvalue weighted by molar-refractivity contribution is 5.97. The predicted octanol–water partition coefficient (Wildman–Crippen LogP) is 3.84. The van der Waals surface area contributed by atoms with Gasteiger partial charge in [-0.15, -0.1) is 5.10 Å². The average Bonchev–Trinajstić information content (AvgIpc) is 3.39. The van der Waals surface area contributed by atoms with Crippen LogP contribution >= 0.6 is 0 Å². The summed E-state index contributed by atoms with van der Waals surface area (Å²) in [6.07, 6.45) is 1.02. The number of carbonyl (C=O) groups excluding carboxylic acids is 2. The number of piperazine rings is 1. The minimum absolute atomic E-state index is 0.185. The molecule has 2 atom stereocenters. The molecular weight excluding hydrogens is 610 g/mol. The average molecular weight is 638 g/mol. The molecule has 2 aromatic carbocycles. The van der Waals surface area contributed by atoms with Gasteiger partial charge in [0, 0.05) is 50.0 Å². The number of amidine groups is 1. The van der Waals surface area contributed by atoms with Crippen molar-refractivity contribution < 1.29 is 31.6 Å². The second-order valence-corrected chi connectivity index (χ2v) is 11.1. The highest BCUT2D eigenvalue weighted by Crippen LogP contribution is 2.49. The van der Waals surface area contributed by atoms with E-state index < -0.39 is 36.8 Å². The van der Waals surface area contributed by atoms with Crippen molar-refractivity contribution in [3.63, 3.8) is 0 Å². The summed E-state index contributed by atoms with van der Waals surface area (Å²) in [6.45, 7) is -1.19. The Morgan fingerprint density at radius 3 is 2.48 bits per heavy atom. The van der Waals surface area contributed by atoms with Crippen LogP contribution in [0.15, 0.2) is 76.4 Å². The number of rotatable bonds is 8. The molecule has 0 radical (unpaired) electrons. The number of benzene rings is 2. The number of fused-ring (bicyclic) bond motifs is 1. The minimum Gasteiger partial charge on any atom is -0.436 e. The van der Waals surface area contributed by atoms with Crippen molar-refractivity contribution in [3.05, 3.63) is 78.1 Å². The molecule has 2 amide bonds. The van der Waals surface area contributed by atoms with Crippen molar-refractivity contribution in [3.8, 4) is 11.5 Å². The number of nitrogens with one attached hydrogen (secondary N) is 3. The van der Waals surface area contributed by atoms with Gasteiger partial charge in [0.1, 0.15) is 17.1 Å². The molecule has 7 rings (SSSR count). The number of oxazole rings is 1. The number of carbonyl (C=O) groups is 2. The molecule has 46 heavy (non-hydrogen) atoms. The fourth-order valence-corrected chi connectivity index (χ4v) is 5.55. The molecule has 1 saturated heterocycles. The van der Waals surface area contributed by atoms with E-state index in [2.05, 4.69) is 36.2 Å². The van der Waals surface area contributed by atoms with E-state index in [4.69, 9.17) is 4.42 Å². The Kier molecular flexibility index (Phi) is 7.52. The molecule has 1 saturated carbocycles. The van der Waals surface area contributed by atoms with E-state index >= 15 is 0 Å². The number of pyridine rings is 1. The normalized spacial score (nSPS) is 20.2. The largest absolute Gasteiger partial charge is 0.436 e. The number of hydrazone groups is 1. The molecule has 16 heteroatoms. The second kappa shape index (κ2) is 11.7. The van der Waals surface area contributed by atoms with Crippen LogP contribution in [0, 0.1) is 5.92 Å². The quantitative estimate of drug-likeness (QED) is 0.195. The zero-order chi connectivity index (χ0) is 32.0. The number of amides is 2. The Bertz CT molecular complexity index is 1810. The Labute approximate surface area is 259 Å². The number of aromatic nitrogens is 2. The van der Waals surface area contributed by atoms with Crippen LogP contribution in [-0.4, -0.2) is 81.2 Å². The van der Waals surface area contributed by atoms with Gasteiger partial charge in [0.15, 0.2) is 11.4 Å². The lowest BCUT2D eigenvalue weighted by atomic mass is 10.0. The molecular formula is C30H27F4N9O3. The molecule has 0 unspecified atom stereocenters. The lowest BCUT2D eigenvalue weighted by Gasteiger charge is -2.39. The van der Waals surface area contributed by atoms with Crippen LogP contribution in [0.1, 0.15) is 28.5 Å². The van der Waals surface area contributed by atoms with Gasteiger partial charge in [0.25, 0.3) is 11.8 Å². The van der Waals surface area contributed by atoms with Crippen LogP contribution < -0.4 is 16.3 Å². The molecule has 12 nitrogen and oxygen atoms in total. The van der Waals surface area contributed by atoms with Gasteiger partial charge in [0.2, 0.25) is 11.8 Å². The molecule has 4 aromatic rings. The number of hydrogen-bond donors (Lipinski definition) is 3. The predicted molar refractivity (Wildman–Crippen MR) is 157 cm³/mol. The van der Waals surface area contributed by atoms with Crippen LogP contribution in [0.4, 0.5) is 23.2 Å². The van der Waals surface area contributed by atoms with Gasteiger partial charge in [-0.3, -0.25) is 24.9 Å². The van der Waals surface area contributed by atoms with E-state index in [1.807, 2.05) is 30.3 Å². The molecule has 3 N–H and O–H groups in total. The van der Waals surface area contributed by atoms with Crippen LogP contribution in [-0.2, 0) is 4.79 Å². The standard InChI is InChI=1S/C30H27F4N9O3/c31-29(32)43-39-25(38-40-43)24(17-4-2-1-3-5-17)41-10-12-42(13-11-41)28(45)22-14-18(8-9-35-22)27-37-21-15-19(6-7-23(21)46-27)36-26(44)20-16-30(20,33)34/h1-9,14-15,20,24,29,40H,10-13,16H2,(H,36,44)(H,38,39)/t20-,24+/m0/s1. The van der Waals surface area contributed by atoms with Crippen LogP contribution in [0.2, 0.25) is 0 Å². The van der Waals surface area contributed by atoms with E-state index in [9.17, 15) is 27.2 Å². The van der Waals surface area contributed by atoms with Crippen molar-refractivity contribution in [2.75, 3.05) is 31.5 Å². The van der Waals surface area contributed by atoms with Gasteiger partial charge >= 0.3 is 6.55 Å². The molecule has 2 aliphatic heterocycles. The lowest BCUT2D eigenvalue weighted by molar-refractivity contribution is -0.119. The monoisotopic (exact) mass is 637 g/mol. The van der Waals surface area contributed by atoms with Gasteiger partial charge in [-0.05, 0) is 35.9 Å². The van der Waals surface area contributed by atoms with E-state index in [1.165, 1.54) is 12.3 Å². The highest BCUT2D eigenvalue weighted by atomic mass is 19.3. The van der Waals surface area contributed by atoms with Crippen LogP contribution in [0.3, 0.4) is 0 Å². The first kappa shape index (κ1) is 29.6. The van der Waals surface area contributed by atoms with Gasteiger partial charge in [-0.1, -0.05) is 35.4 Å². The van der Waals surface area contributed by atoms with Gasteiger partial charge in [-0.2, -0.15) is 8.78 Å². The smallest absolute Gasteiger partial charge is 0.329 e. The van der Waals surface area contributed by atoms with E-state index in [-0.39, 0.29) is 17.5 Å². The third-order valence-corrected chi connectivity index (χ3v) is 8.07. The lowest BCUT2D eigenvalue weighted by Crippen LogP contribution is -2.53. The number of alkyl halides is 4. The molecule has 3 aliphatic rings. The van der Waals surface area contributed by atoms with Crippen LogP contribution in [0.5, 0.6) is 0 Å². The van der Waals surface area contributed by atoms with E-state index in [0.717, 1.165) is 5.56 Å². The summed E-state index contributed by atoms with van der Waals surface area (Å²) in [7, 11) is 0. The Morgan fingerprint density at radius 1 is 1.02 bits per heavy atom. The van der Waals surface area contributed by atoms with E-state index in [0.29, 0.717) is 59.5 Å². The fourth-order valence-electron chi connectivity index (χ4n) is 5.55. The van der Waals surface area contributed by atoms with Crippen molar-refractivity contribution in [2.45, 2.75) is 24.9 Å². The maximum Gasteiger partial charge on any atom is 0.329 e. The SMILES string of the molecule is O=C(Nc1ccc2oc(-c3ccnc(C(=O)N4CCN([C@@H](C5=NNN(C(F)F)N5)c5ccccc5)CC4)c3)nc2c1)[C@@H]1CC1(F)F. The number of halogens is 4. The minimum atomic E-state index is -2.97. The summed E-state index contributed by atoms with van der Waals surface area (Å²) < 4.78 is 58.8. The number of hydrogen-bond acceptors (Lipinski definition) is 10. The topological polar surface area (TPSA) is 131 Å². The third-order valence-electron chi connectivity index (χ3n) is 8.07. The maximum atomic E-state index is 13.5. The van der Waals surface area contributed by atoms with Crippen LogP contribution in [0.25, 0.3) is 22.6 Å². The summed E-state index contributed by atoms with van der Waals surface area (Å²) in [5.41, 5.74) is 7.60. The second-order valence-electron chi connectivity index (χ2n) is 11.1. The van der Waals surface area contributed by atoms with Crippen molar-refractivity contribution in [1.29, 1.82) is 0 Å². The molecule has 2 fully saturated rings. The zero-order valence-corrected chi connectivity index (χ0v) is 24.0. The zero-order valence-electron chi connectivity index (χ0n) is 24.0. The fraction of sp³-hybridized carbons (Fsp3) is 0.300. The molecule has 0 bridgehead atoms. The Morgan fingerprint density at radius 2 is 1.78 bits per heavy atom. The maximum absolute atomic E-state index is 13.5. The summed E-state index contributed by atoms with van der Waals surface area (Å²) in [5.74, 6) is -4.80. The first-order chi connectivity index (χ1) is 22.2. The summed E-state index contributed by atoms with van der Waals surface area (Å²) in [5, 5.41) is 7.10. The van der Waals surface area contributed by atoms with Crippen molar-refractivity contribution >= 4 is 34.4 Å². The Hall–Kier alpha value is -5.09. The Balaban J connectivity index is 1.03. The number of nitrogens with zero attached hydrogens (tertiary/aromatic N) is 6. The highest BCUT2D eigenvalue weighted by Gasteiger charge is 2.61. The molecule has 4 heterocycles. The van der Waals surface area contributed by atoms with E-state index in [1.54, 1.807) is 29.2 Å². The first-order valence-corrected chi connectivity index (χ1v) is 14.5. The molecule has 2 aromatic heterocycles. The molecule has 0 spiro atoms. The first-order valence-electron chi connectivity index (χ1n) is 14.5. The third kappa shape index (κ3) is 5.83. The number of hydrazine groups is 2. The van der Waals surface area contributed by atoms with Gasteiger partial charge < -0.3 is 14.6 Å². The summed E-state index contributed by atoms with van der Waals surface area (Å²) in [6, 6.07) is 16.8.